The Balaban J connectivity index is 2.60. The third-order valence-electron chi connectivity index (χ3n) is 2.64. The van der Waals surface area contributed by atoms with Crippen LogP contribution in [0.3, 0.4) is 0 Å². The smallest absolute Gasteiger partial charge is 0.0230 e. The molecule has 0 nitrogen and oxygen atoms in total. The topological polar surface area (TPSA) is 0 Å². The third kappa shape index (κ3) is 3.02. The van der Waals surface area contributed by atoms with E-state index in [0.29, 0.717) is 5.92 Å². The minimum Gasteiger partial charge on any atom is -0.103 e. The monoisotopic (exact) mass is 186 g/mol. The zero-order valence-corrected chi connectivity index (χ0v) is 9.03. The molecule has 0 N–H and O–H groups in total. The first kappa shape index (κ1) is 11.0. The Labute approximate surface area is 87.7 Å². The van der Waals surface area contributed by atoms with E-state index in [4.69, 9.17) is 6.92 Å². The Morgan fingerprint density at radius 3 is 2.43 bits per heavy atom. The second-order valence-corrected chi connectivity index (χ2v) is 3.95. The first-order chi connectivity index (χ1) is 6.63. The van der Waals surface area contributed by atoms with Crippen molar-refractivity contribution in [1.82, 2.24) is 0 Å². The highest BCUT2D eigenvalue weighted by atomic mass is 14.1. The van der Waals surface area contributed by atoms with Gasteiger partial charge in [0.2, 0.25) is 0 Å². The van der Waals surface area contributed by atoms with Gasteiger partial charge in [-0.2, -0.15) is 0 Å². The molecule has 0 bridgehead atoms. The van der Waals surface area contributed by atoms with Gasteiger partial charge in [-0.3, -0.25) is 0 Å². The van der Waals surface area contributed by atoms with E-state index in [2.05, 4.69) is 44.7 Å². The number of rotatable bonds is 4. The Hall–Kier alpha value is -1.04. The minimum atomic E-state index is 0.176. The summed E-state index contributed by atoms with van der Waals surface area (Å²) >= 11 is 0. The molecule has 0 aliphatic carbocycles. The van der Waals surface area contributed by atoms with Crippen LogP contribution in [-0.4, -0.2) is 0 Å². The number of allylic oxidation sites excluding steroid dienone is 1. The Kier molecular flexibility index (Phi) is 3.94. The fourth-order valence-corrected chi connectivity index (χ4v) is 1.36. The van der Waals surface area contributed by atoms with Crippen LogP contribution >= 0.6 is 0 Å². The molecule has 1 aromatic rings. The molecule has 1 rings (SSSR count). The average Bonchev–Trinajstić information content (AvgIpc) is 2.20. The summed E-state index contributed by atoms with van der Waals surface area (Å²) in [5.74, 6) is 0.548. The lowest BCUT2D eigenvalue weighted by atomic mass is 9.90. The molecule has 2 radical (unpaired) electrons. The van der Waals surface area contributed by atoms with Crippen LogP contribution < -0.4 is 0 Å². The average molecular weight is 186 g/mol. The molecule has 0 heterocycles. The SMILES string of the molecule is [CH]C(Cc1ccc(C)cc1)[C@@H](C)C=C. The van der Waals surface area contributed by atoms with E-state index in [-0.39, 0.29) is 5.92 Å². The van der Waals surface area contributed by atoms with Crippen LogP contribution in [0.1, 0.15) is 18.1 Å². The van der Waals surface area contributed by atoms with Crippen molar-refractivity contribution in [2.24, 2.45) is 11.8 Å². The van der Waals surface area contributed by atoms with Crippen LogP contribution in [0.2, 0.25) is 0 Å². The fourth-order valence-electron chi connectivity index (χ4n) is 1.36. The van der Waals surface area contributed by atoms with E-state index >= 15 is 0 Å². The maximum Gasteiger partial charge on any atom is -0.0230 e. The van der Waals surface area contributed by atoms with Gasteiger partial charge in [-0.05, 0) is 37.7 Å². The highest BCUT2D eigenvalue weighted by Crippen LogP contribution is 2.17. The molecule has 0 fully saturated rings. The zero-order valence-electron chi connectivity index (χ0n) is 9.03. The summed E-state index contributed by atoms with van der Waals surface area (Å²) in [5, 5.41) is 0. The molecule has 1 unspecified atom stereocenters. The molecule has 14 heavy (non-hydrogen) atoms. The van der Waals surface area contributed by atoms with Gasteiger partial charge in [0, 0.05) is 0 Å². The Bertz CT molecular complexity index is 281. The highest BCUT2D eigenvalue weighted by molar-refractivity contribution is 5.22. The summed E-state index contributed by atoms with van der Waals surface area (Å²) in [6.45, 7) is 14.0. The summed E-state index contributed by atoms with van der Waals surface area (Å²) in [6, 6.07) is 8.54. The molecular formula is C14H18. The molecule has 0 aliphatic heterocycles. The lowest BCUT2D eigenvalue weighted by Crippen LogP contribution is -2.08. The Morgan fingerprint density at radius 2 is 1.93 bits per heavy atom. The number of benzene rings is 1. The van der Waals surface area contributed by atoms with Gasteiger partial charge in [0.25, 0.3) is 0 Å². The molecule has 0 heteroatoms. The first-order valence-corrected chi connectivity index (χ1v) is 5.07. The van der Waals surface area contributed by atoms with E-state index in [9.17, 15) is 0 Å². The van der Waals surface area contributed by atoms with Gasteiger partial charge < -0.3 is 0 Å². The number of aryl methyl sites for hydroxylation is 1. The van der Waals surface area contributed by atoms with Crippen molar-refractivity contribution in [3.63, 3.8) is 0 Å². The van der Waals surface area contributed by atoms with Gasteiger partial charge in [-0.25, -0.2) is 0 Å². The summed E-state index contributed by atoms with van der Waals surface area (Å²) < 4.78 is 0. The largest absolute Gasteiger partial charge is 0.103 e. The lowest BCUT2D eigenvalue weighted by Gasteiger charge is -2.15. The number of hydrogen-bond donors (Lipinski definition) is 0. The standard InChI is InChI=1S/C14H18/c1-5-12(3)13(4)10-14-8-6-11(2)7-9-14/h4-9,12-13H,1,10H2,2-3H3/t12-,13?/m0/s1. The summed E-state index contributed by atoms with van der Waals surface area (Å²) in [4.78, 5) is 0. The molecular weight excluding hydrogens is 168 g/mol. The number of hydrogen-bond acceptors (Lipinski definition) is 0. The van der Waals surface area contributed by atoms with Crippen LogP contribution in [0.5, 0.6) is 0 Å². The molecule has 0 saturated heterocycles. The molecule has 1 aromatic carbocycles. The van der Waals surface area contributed by atoms with E-state index in [1.54, 1.807) is 0 Å². The van der Waals surface area contributed by atoms with Gasteiger partial charge >= 0.3 is 0 Å². The third-order valence-corrected chi connectivity index (χ3v) is 2.64. The maximum atomic E-state index is 6.03. The van der Waals surface area contributed by atoms with Crippen molar-refractivity contribution < 1.29 is 0 Å². The van der Waals surface area contributed by atoms with Crippen molar-refractivity contribution in [1.29, 1.82) is 0 Å². The van der Waals surface area contributed by atoms with E-state index < -0.39 is 0 Å². The normalized spacial score (nSPS) is 14.8. The first-order valence-electron chi connectivity index (χ1n) is 5.07. The molecule has 0 amide bonds. The van der Waals surface area contributed by atoms with Crippen molar-refractivity contribution in [3.05, 3.63) is 55.0 Å². The predicted molar refractivity (Wildman–Crippen MR) is 62.0 cm³/mol. The van der Waals surface area contributed by atoms with E-state index in [1.807, 2.05) is 6.08 Å². The second-order valence-electron chi connectivity index (χ2n) is 3.95. The van der Waals surface area contributed by atoms with Gasteiger partial charge in [0.1, 0.15) is 0 Å². The summed E-state index contributed by atoms with van der Waals surface area (Å²) in [5.41, 5.74) is 2.59. The fraction of sp³-hybridized carbons (Fsp3) is 0.357. The molecule has 74 valence electrons. The van der Waals surface area contributed by atoms with Crippen LogP contribution in [0.15, 0.2) is 36.9 Å². The molecule has 0 saturated carbocycles. The van der Waals surface area contributed by atoms with Crippen molar-refractivity contribution >= 4 is 0 Å². The van der Waals surface area contributed by atoms with Gasteiger partial charge in [0.15, 0.2) is 0 Å². The van der Waals surface area contributed by atoms with Crippen LogP contribution in [0.25, 0.3) is 0 Å². The van der Waals surface area contributed by atoms with Gasteiger partial charge in [-0.1, -0.05) is 42.8 Å². The minimum absolute atomic E-state index is 0.176. The van der Waals surface area contributed by atoms with Crippen molar-refractivity contribution in [2.45, 2.75) is 20.3 Å². The van der Waals surface area contributed by atoms with Crippen molar-refractivity contribution in [3.8, 4) is 0 Å². The molecule has 2 atom stereocenters. The van der Waals surface area contributed by atoms with Crippen LogP contribution in [0.4, 0.5) is 0 Å². The predicted octanol–water partition coefficient (Wildman–Crippen LogP) is 3.69. The van der Waals surface area contributed by atoms with E-state index in [0.717, 1.165) is 6.42 Å². The second kappa shape index (κ2) is 4.99. The lowest BCUT2D eigenvalue weighted by molar-refractivity contribution is 0.506. The van der Waals surface area contributed by atoms with Gasteiger partial charge in [-0.15, -0.1) is 6.58 Å². The van der Waals surface area contributed by atoms with Crippen LogP contribution in [-0.2, 0) is 6.42 Å². The highest BCUT2D eigenvalue weighted by Gasteiger charge is 2.09. The quantitative estimate of drug-likeness (QED) is 0.629. The summed E-state index contributed by atoms with van der Waals surface area (Å²) in [6.07, 6.45) is 2.84. The van der Waals surface area contributed by atoms with Gasteiger partial charge in [0.05, 0.1) is 0 Å². The zero-order chi connectivity index (χ0) is 10.6. The molecule has 0 aromatic heterocycles. The van der Waals surface area contributed by atoms with Crippen molar-refractivity contribution in [2.75, 3.05) is 0 Å². The van der Waals surface area contributed by atoms with E-state index in [1.165, 1.54) is 11.1 Å². The molecule has 0 aliphatic rings. The Morgan fingerprint density at radius 1 is 1.36 bits per heavy atom. The molecule has 0 spiro atoms. The van der Waals surface area contributed by atoms with Crippen LogP contribution in [0, 0.1) is 25.7 Å². The summed E-state index contributed by atoms with van der Waals surface area (Å²) in [7, 11) is 0. The maximum absolute atomic E-state index is 6.03.